The minimum atomic E-state index is 0.175. The van der Waals surface area contributed by atoms with Gasteiger partial charge in [-0.3, -0.25) is 0 Å². The van der Waals surface area contributed by atoms with Crippen LogP contribution in [-0.4, -0.2) is 0 Å². The summed E-state index contributed by atoms with van der Waals surface area (Å²) >= 11 is 13.3. The molecule has 0 saturated heterocycles. The lowest BCUT2D eigenvalue weighted by Gasteiger charge is -2.12. The molecule has 1 unspecified atom stereocenters. The molecule has 0 radical (unpaired) electrons. The summed E-state index contributed by atoms with van der Waals surface area (Å²) < 4.78 is 0.927. The second-order valence-electron chi connectivity index (χ2n) is 4.53. The summed E-state index contributed by atoms with van der Waals surface area (Å²) in [7, 11) is 0. The van der Waals surface area contributed by atoms with Crippen molar-refractivity contribution >= 4 is 43.5 Å². The molecule has 3 heteroatoms. The van der Waals surface area contributed by atoms with E-state index in [9.17, 15) is 0 Å². The smallest absolute Gasteiger partial charge is 0.0645 e. The fourth-order valence-electron chi connectivity index (χ4n) is 2.00. The van der Waals surface area contributed by atoms with Crippen LogP contribution in [-0.2, 0) is 6.42 Å². The van der Waals surface area contributed by atoms with Crippen LogP contribution in [0.15, 0.2) is 46.9 Å². The van der Waals surface area contributed by atoms with Gasteiger partial charge in [0.15, 0.2) is 0 Å². The minimum absolute atomic E-state index is 0.175. The highest BCUT2D eigenvalue weighted by Crippen LogP contribution is 2.34. The van der Waals surface area contributed by atoms with Gasteiger partial charge in [0.05, 0.1) is 9.85 Å². The van der Waals surface area contributed by atoms with Crippen LogP contribution in [0.25, 0.3) is 0 Å². The van der Waals surface area contributed by atoms with Gasteiger partial charge in [0, 0.05) is 4.47 Å². The average Bonchev–Trinajstić information content (AvgIpc) is 2.42. The van der Waals surface area contributed by atoms with Gasteiger partial charge in [-0.15, -0.1) is 0 Å². The van der Waals surface area contributed by atoms with Crippen LogP contribution in [0.2, 0.25) is 5.02 Å². The van der Waals surface area contributed by atoms with E-state index in [1.165, 1.54) is 17.5 Å². The largest absolute Gasteiger partial charge is 0.0831 e. The Morgan fingerprint density at radius 2 is 1.68 bits per heavy atom. The quantitative estimate of drug-likeness (QED) is 0.509. The van der Waals surface area contributed by atoms with Gasteiger partial charge in [-0.05, 0) is 51.2 Å². The lowest BCUT2D eigenvalue weighted by molar-refractivity contribution is 0.920. The van der Waals surface area contributed by atoms with E-state index in [-0.39, 0.29) is 4.83 Å². The molecule has 0 heterocycles. The maximum atomic E-state index is 6.14. The molecule has 0 aliphatic heterocycles. The predicted molar refractivity (Wildman–Crippen MR) is 90.4 cm³/mol. The van der Waals surface area contributed by atoms with Crippen LogP contribution < -0.4 is 0 Å². The molecule has 0 N–H and O–H groups in total. The van der Waals surface area contributed by atoms with Gasteiger partial charge in [0.1, 0.15) is 0 Å². The second-order valence-corrected chi connectivity index (χ2v) is 6.70. The third-order valence-corrected chi connectivity index (χ3v) is 5.34. The third-order valence-electron chi connectivity index (χ3n) is 3.05. The zero-order chi connectivity index (χ0) is 13.8. The van der Waals surface area contributed by atoms with Gasteiger partial charge < -0.3 is 0 Å². The molecule has 0 saturated carbocycles. The maximum Gasteiger partial charge on any atom is 0.0645 e. The van der Waals surface area contributed by atoms with Crippen molar-refractivity contribution in [2.75, 3.05) is 0 Å². The molecule has 0 fully saturated rings. The number of alkyl halides is 1. The van der Waals surface area contributed by atoms with Crippen molar-refractivity contribution in [1.82, 2.24) is 0 Å². The first-order valence-electron chi connectivity index (χ1n) is 6.29. The molecule has 19 heavy (non-hydrogen) atoms. The van der Waals surface area contributed by atoms with E-state index in [4.69, 9.17) is 11.6 Å². The molecule has 100 valence electrons. The first-order chi connectivity index (χ1) is 9.11. The Kier molecular flexibility index (Phi) is 5.49. The zero-order valence-electron chi connectivity index (χ0n) is 10.7. The molecular weight excluding hydrogens is 387 g/mol. The predicted octanol–water partition coefficient (Wildman–Crippen LogP) is 6.54. The molecule has 1 atom stereocenters. The van der Waals surface area contributed by atoms with Gasteiger partial charge >= 0.3 is 0 Å². The van der Waals surface area contributed by atoms with E-state index in [1.54, 1.807) is 0 Å². The number of benzene rings is 2. The van der Waals surface area contributed by atoms with Crippen molar-refractivity contribution in [2.45, 2.75) is 24.6 Å². The number of hydrogen-bond donors (Lipinski definition) is 0. The van der Waals surface area contributed by atoms with Crippen LogP contribution in [0.5, 0.6) is 0 Å². The number of aryl methyl sites for hydroxylation is 1. The number of halogens is 3. The summed E-state index contributed by atoms with van der Waals surface area (Å²) in [5, 5.41) is 0.740. The van der Waals surface area contributed by atoms with E-state index >= 15 is 0 Å². The molecule has 2 aromatic rings. The SMILES string of the molecule is CCCc1ccc(C(Br)c2ccc(Br)c(Cl)c2)cc1. The van der Waals surface area contributed by atoms with Crippen molar-refractivity contribution in [3.05, 3.63) is 68.7 Å². The van der Waals surface area contributed by atoms with E-state index in [2.05, 4.69) is 69.1 Å². The molecule has 0 amide bonds. The van der Waals surface area contributed by atoms with Crippen molar-refractivity contribution < 1.29 is 0 Å². The molecule has 2 aromatic carbocycles. The fourth-order valence-corrected chi connectivity index (χ4v) is 3.03. The van der Waals surface area contributed by atoms with Crippen LogP contribution in [0.3, 0.4) is 0 Å². The van der Waals surface area contributed by atoms with Gasteiger partial charge in [0.2, 0.25) is 0 Å². The van der Waals surface area contributed by atoms with Crippen LogP contribution in [0.1, 0.15) is 34.9 Å². The Hall–Kier alpha value is -0.310. The van der Waals surface area contributed by atoms with Gasteiger partial charge in [-0.1, -0.05) is 71.2 Å². The van der Waals surface area contributed by atoms with E-state index in [0.717, 1.165) is 21.5 Å². The number of hydrogen-bond acceptors (Lipinski definition) is 0. The lowest BCUT2D eigenvalue weighted by atomic mass is 10.0. The van der Waals surface area contributed by atoms with Crippen LogP contribution in [0.4, 0.5) is 0 Å². The molecular formula is C16H15Br2Cl. The molecule has 0 bridgehead atoms. The molecule has 0 aliphatic carbocycles. The van der Waals surface area contributed by atoms with Gasteiger partial charge in [-0.2, -0.15) is 0 Å². The van der Waals surface area contributed by atoms with Gasteiger partial charge in [-0.25, -0.2) is 0 Å². The van der Waals surface area contributed by atoms with E-state index in [1.807, 2.05) is 12.1 Å². The summed E-state index contributed by atoms with van der Waals surface area (Å²) in [6.07, 6.45) is 2.32. The fraction of sp³-hybridized carbons (Fsp3) is 0.250. The van der Waals surface area contributed by atoms with Crippen molar-refractivity contribution in [2.24, 2.45) is 0 Å². The van der Waals surface area contributed by atoms with Crippen LogP contribution in [0, 0.1) is 0 Å². The third kappa shape index (κ3) is 3.84. The van der Waals surface area contributed by atoms with Crippen molar-refractivity contribution in [3.8, 4) is 0 Å². The Morgan fingerprint density at radius 3 is 2.26 bits per heavy atom. The summed E-state index contributed by atoms with van der Waals surface area (Å²) in [4.78, 5) is 0.175. The normalized spacial score (nSPS) is 12.4. The Bertz CT molecular complexity index is 549. The standard InChI is InChI=1S/C16H15Br2Cl/c1-2-3-11-4-6-12(7-5-11)16(18)13-8-9-14(17)15(19)10-13/h4-10,16H,2-3H2,1H3. The van der Waals surface area contributed by atoms with Crippen LogP contribution >= 0.6 is 43.5 Å². The highest BCUT2D eigenvalue weighted by molar-refractivity contribution is 9.10. The van der Waals surface area contributed by atoms with Crippen molar-refractivity contribution in [3.63, 3.8) is 0 Å². The summed E-state index contributed by atoms with van der Waals surface area (Å²) in [5.41, 5.74) is 3.80. The molecule has 0 aromatic heterocycles. The van der Waals surface area contributed by atoms with E-state index < -0.39 is 0 Å². The zero-order valence-corrected chi connectivity index (χ0v) is 14.6. The Morgan fingerprint density at radius 1 is 1.05 bits per heavy atom. The molecule has 0 aliphatic rings. The minimum Gasteiger partial charge on any atom is -0.0831 e. The molecule has 0 spiro atoms. The molecule has 2 rings (SSSR count). The Balaban J connectivity index is 2.22. The number of rotatable bonds is 4. The summed E-state index contributed by atoms with van der Waals surface area (Å²) in [6.45, 7) is 2.20. The summed E-state index contributed by atoms with van der Waals surface area (Å²) in [6, 6.07) is 14.8. The second kappa shape index (κ2) is 6.92. The Labute approximate surface area is 136 Å². The maximum absolute atomic E-state index is 6.14. The first kappa shape index (κ1) is 15.1. The lowest BCUT2D eigenvalue weighted by Crippen LogP contribution is -1.93. The first-order valence-corrected chi connectivity index (χ1v) is 8.38. The highest BCUT2D eigenvalue weighted by atomic mass is 79.9. The van der Waals surface area contributed by atoms with Crippen molar-refractivity contribution in [1.29, 1.82) is 0 Å². The molecule has 0 nitrogen and oxygen atoms in total. The summed E-state index contributed by atoms with van der Waals surface area (Å²) in [5.74, 6) is 0. The topological polar surface area (TPSA) is 0 Å². The van der Waals surface area contributed by atoms with E-state index in [0.29, 0.717) is 0 Å². The van der Waals surface area contributed by atoms with Gasteiger partial charge in [0.25, 0.3) is 0 Å². The monoisotopic (exact) mass is 400 g/mol. The average molecular weight is 403 g/mol. The highest BCUT2D eigenvalue weighted by Gasteiger charge is 2.11.